The summed E-state index contributed by atoms with van der Waals surface area (Å²) in [5, 5.41) is 18.6. The van der Waals surface area contributed by atoms with Crippen molar-refractivity contribution in [1.29, 1.82) is 0 Å². The van der Waals surface area contributed by atoms with Crippen molar-refractivity contribution >= 4 is 17.3 Å². The number of fused-ring (bicyclic) bond motifs is 1. The van der Waals surface area contributed by atoms with Gasteiger partial charge >= 0.3 is 0 Å². The van der Waals surface area contributed by atoms with Crippen molar-refractivity contribution in [2.45, 2.75) is 6.04 Å². The van der Waals surface area contributed by atoms with Gasteiger partial charge in [-0.05, 0) is 17.2 Å². The molecule has 3 aromatic rings. The Morgan fingerprint density at radius 3 is 2.75 bits per heavy atom. The molecular weight excluding hydrogens is 306 g/mol. The highest BCUT2D eigenvalue weighted by molar-refractivity contribution is 5.77. The lowest BCUT2D eigenvalue weighted by Crippen LogP contribution is -2.20. The van der Waals surface area contributed by atoms with E-state index in [1.54, 1.807) is 16.8 Å². The molecule has 1 N–H and O–H groups in total. The van der Waals surface area contributed by atoms with Crippen molar-refractivity contribution in [3.05, 3.63) is 88.2 Å². The van der Waals surface area contributed by atoms with Gasteiger partial charge in [-0.3, -0.25) is 10.1 Å². The summed E-state index contributed by atoms with van der Waals surface area (Å²) in [5.41, 5.74) is 2.75. The van der Waals surface area contributed by atoms with Gasteiger partial charge in [0.25, 0.3) is 5.69 Å². The van der Waals surface area contributed by atoms with Crippen LogP contribution in [0.5, 0.6) is 0 Å². The maximum absolute atomic E-state index is 11.1. The average Bonchev–Trinajstić information content (AvgIpc) is 3.10. The van der Waals surface area contributed by atoms with Crippen LogP contribution in [-0.2, 0) is 0 Å². The number of anilines is 1. The molecule has 2 heterocycles. The van der Waals surface area contributed by atoms with Crippen molar-refractivity contribution < 1.29 is 4.92 Å². The standard InChI is InChI=1S/C17H13N5O2/c23-22(24)14-8-4-7-13(9-14)16-10-15(12-5-2-1-3-6-12)20-17-18-11-19-21(16)17/h1-11,16H,(H,18,19,20). The molecule has 1 aliphatic heterocycles. The molecule has 1 aromatic heterocycles. The first-order chi connectivity index (χ1) is 11.7. The van der Waals surface area contributed by atoms with Crippen LogP contribution in [0.2, 0.25) is 0 Å². The van der Waals surface area contributed by atoms with E-state index < -0.39 is 4.92 Å². The average molecular weight is 319 g/mol. The number of nitro benzene ring substituents is 1. The summed E-state index contributed by atoms with van der Waals surface area (Å²) in [6, 6.07) is 16.2. The fraction of sp³-hybridized carbons (Fsp3) is 0.0588. The number of aromatic nitrogens is 3. The molecule has 0 saturated carbocycles. The van der Waals surface area contributed by atoms with Crippen LogP contribution in [0.4, 0.5) is 11.6 Å². The van der Waals surface area contributed by atoms with Gasteiger partial charge in [0.1, 0.15) is 12.4 Å². The van der Waals surface area contributed by atoms with Gasteiger partial charge in [-0.15, -0.1) is 0 Å². The first kappa shape index (κ1) is 14.1. The van der Waals surface area contributed by atoms with E-state index >= 15 is 0 Å². The largest absolute Gasteiger partial charge is 0.324 e. The van der Waals surface area contributed by atoms with Gasteiger partial charge in [0.15, 0.2) is 0 Å². The number of benzene rings is 2. The van der Waals surface area contributed by atoms with Crippen molar-refractivity contribution in [2.24, 2.45) is 0 Å². The van der Waals surface area contributed by atoms with Gasteiger partial charge in [-0.2, -0.15) is 10.1 Å². The van der Waals surface area contributed by atoms with E-state index in [0.717, 1.165) is 16.8 Å². The zero-order valence-electron chi connectivity index (χ0n) is 12.5. The molecular formula is C17H13N5O2. The van der Waals surface area contributed by atoms with Crippen LogP contribution in [0.1, 0.15) is 17.2 Å². The van der Waals surface area contributed by atoms with Crippen LogP contribution >= 0.6 is 0 Å². The number of nitrogens with zero attached hydrogens (tertiary/aromatic N) is 4. The van der Waals surface area contributed by atoms with Gasteiger partial charge < -0.3 is 5.32 Å². The highest BCUT2D eigenvalue weighted by atomic mass is 16.6. The SMILES string of the molecule is O=[N+]([O-])c1cccc(C2C=C(c3ccccc3)Nc3ncnn32)c1. The molecule has 0 saturated heterocycles. The maximum Gasteiger partial charge on any atom is 0.269 e. The highest BCUT2D eigenvalue weighted by Gasteiger charge is 2.24. The van der Waals surface area contributed by atoms with Crippen LogP contribution in [0.15, 0.2) is 67.0 Å². The Kier molecular flexibility index (Phi) is 3.31. The van der Waals surface area contributed by atoms with Gasteiger partial charge in [0.05, 0.1) is 4.92 Å². The van der Waals surface area contributed by atoms with Gasteiger partial charge in [-0.1, -0.05) is 42.5 Å². The Morgan fingerprint density at radius 2 is 1.96 bits per heavy atom. The molecule has 0 aliphatic carbocycles. The predicted octanol–water partition coefficient (Wildman–Crippen LogP) is 3.24. The molecule has 7 nitrogen and oxygen atoms in total. The Hall–Kier alpha value is -3.48. The molecule has 2 aromatic carbocycles. The van der Waals surface area contributed by atoms with Gasteiger partial charge in [0, 0.05) is 17.8 Å². The van der Waals surface area contributed by atoms with Crippen LogP contribution in [0.3, 0.4) is 0 Å². The van der Waals surface area contributed by atoms with Crippen LogP contribution in [0.25, 0.3) is 5.70 Å². The number of non-ortho nitro benzene ring substituents is 1. The smallest absolute Gasteiger partial charge is 0.269 e. The van der Waals surface area contributed by atoms with E-state index in [2.05, 4.69) is 15.4 Å². The Balaban J connectivity index is 1.82. The minimum absolute atomic E-state index is 0.0577. The molecule has 0 amide bonds. The lowest BCUT2D eigenvalue weighted by Gasteiger charge is -2.24. The minimum atomic E-state index is -0.394. The van der Waals surface area contributed by atoms with Gasteiger partial charge in [-0.25, -0.2) is 4.68 Å². The van der Waals surface area contributed by atoms with Crippen molar-refractivity contribution in [3.8, 4) is 0 Å². The summed E-state index contributed by atoms with van der Waals surface area (Å²) in [5.74, 6) is 0.604. The lowest BCUT2D eigenvalue weighted by atomic mass is 10.0. The monoisotopic (exact) mass is 319 g/mol. The Morgan fingerprint density at radius 1 is 1.12 bits per heavy atom. The molecule has 1 unspecified atom stereocenters. The molecule has 0 radical (unpaired) electrons. The van der Waals surface area contributed by atoms with E-state index in [4.69, 9.17) is 0 Å². The first-order valence-electron chi connectivity index (χ1n) is 7.40. The second-order valence-corrected chi connectivity index (χ2v) is 5.40. The fourth-order valence-corrected chi connectivity index (χ4v) is 2.78. The summed E-state index contributed by atoms with van der Waals surface area (Å²) in [4.78, 5) is 14.9. The van der Waals surface area contributed by atoms with E-state index in [1.807, 2.05) is 42.5 Å². The Labute approximate surface area is 137 Å². The highest BCUT2D eigenvalue weighted by Crippen LogP contribution is 2.32. The van der Waals surface area contributed by atoms with Crippen LogP contribution in [0, 0.1) is 10.1 Å². The zero-order chi connectivity index (χ0) is 16.5. The molecule has 4 rings (SSSR count). The van der Waals surface area contributed by atoms with E-state index in [-0.39, 0.29) is 11.7 Å². The van der Waals surface area contributed by atoms with E-state index in [1.165, 1.54) is 12.4 Å². The second kappa shape index (κ2) is 5.62. The third-order valence-electron chi connectivity index (χ3n) is 3.91. The number of hydrogen-bond donors (Lipinski definition) is 1. The summed E-state index contributed by atoms with van der Waals surface area (Å²) >= 11 is 0. The minimum Gasteiger partial charge on any atom is -0.324 e. The molecule has 1 aliphatic rings. The third kappa shape index (κ3) is 2.41. The number of nitrogens with one attached hydrogen (secondary N) is 1. The molecule has 1 atom stereocenters. The molecule has 7 heteroatoms. The quantitative estimate of drug-likeness (QED) is 0.591. The van der Waals surface area contributed by atoms with Crippen LogP contribution < -0.4 is 5.32 Å². The number of rotatable bonds is 3. The van der Waals surface area contributed by atoms with Gasteiger partial charge in [0.2, 0.25) is 5.95 Å². The fourth-order valence-electron chi connectivity index (χ4n) is 2.78. The summed E-state index contributed by atoms with van der Waals surface area (Å²) in [6.07, 6.45) is 3.46. The molecule has 24 heavy (non-hydrogen) atoms. The Bertz CT molecular complexity index is 933. The van der Waals surface area contributed by atoms with E-state index in [9.17, 15) is 10.1 Å². The molecule has 0 fully saturated rings. The third-order valence-corrected chi connectivity index (χ3v) is 3.91. The number of allylic oxidation sites excluding steroid dienone is 1. The molecule has 0 bridgehead atoms. The normalized spacial score (nSPS) is 16.0. The van der Waals surface area contributed by atoms with E-state index in [0.29, 0.717) is 5.95 Å². The van der Waals surface area contributed by atoms with Crippen LogP contribution in [-0.4, -0.2) is 19.7 Å². The van der Waals surface area contributed by atoms with Crippen molar-refractivity contribution in [1.82, 2.24) is 14.8 Å². The first-order valence-corrected chi connectivity index (χ1v) is 7.40. The number of nitro groups is 1. The van der Waals surface area contributed by atoms with Crippen molar-refractivity contribution in [2.75, 3.05) is 5.32 Å². The summed E-state index contributed by atoms with van der Waals surface area (Å²) in [7, 11) is 0. The maximum atomic E-state index is 11.1. The van der Waals surface area contributed by atoms with Crippen molar-refractivity contribution in [3.63, 3.8) is 0 Å². The zero-order valence-corrected chi connectivity index (χ0v) is 12.5. The number of hydrogen-bond acceptors (Lipinski definition) is 5. The molecule has 118 valence electrons. The summed E-state index contributed by atoms with van der Waals surface area (Å²) < 4.78 is 1.71. The summed E-state index contributed by atoms with van der Waals surface area (Å²) in [6.45, 7) is 0. The molecule has 0 spiro atoms. The second-order valence-electron chi connectivity index (χ2n) is 5.40. The lowest BCUT2D eigenvalue weighted by molar-refractivity contribution is -0.384. The topological polar surface area (TPSA) is 85.9 Å². The predicted molar refractivity (Wildman–Crippen MR) is 89.3 cm³/mol.